The molecule has 3 aromatic rings. The molecule has 2 heterocycles. The first-order valence-corrected chi connectivity index (χ1v) is 8.78. The van der Waals surface area contributed by atoms with Gasteiger partial charge in [-0.05, 0) is 48.7 Å². The summed E-state index contributed by atoms with van der Waals surface area (Å²) in [5.41, 5.74) is 4.41. The predicted octanol–water partition coefficient (Wildman–Crippen LogP) is 2.86. The zero-order valence-electron chi connectivity index (χ0n) is 14.6. The number of aromatic nitrogens is 3. The van der Waals surface area contributed by atoms with E-state index in [0.29, 0.717) is 5.82 Å². The number of nitrogens with one attached hydrogen (secondary N) is 2. The first-order chi connectivity index (χ1) is 12.7. The molecule has 1 aromatic heterocycles. The normalized spacial score (nSPS) is 15.3. The van der Waals surface area contributed by atoms with Crippen molar-refractivity contribution in [2.24, 2.45) is 0 Å². The van der Waals surface area contributed by atoms with E-state index in [1.807, 2.05) is 31.2 Å². The topological polar surface area (TPSA) is 73.9 Å². The number of carbonyl (C=O) groups is 1. The number of hydrogen-bond acceptors (Lipinski definition) is 4. The molecule has 0 saturated carbocycles. The highest BCUT2D eigenvalue weighted by Crippen LogP contribution is 2.21. The molecule has 0 bridgehead atoms. The lowest BCUT2D eigenvalue weighted by atomic mass is 9.99. The van der Waals surface area contributed by atoms with E-state index in [1.54, 1.807) is 0 Å². The largest absolute Gasteiger partial charge is 0.325 e. The van der Waals surface area contributed by atoms with Gasteiger partial charge in [-0.1, -0.05) is 24.3 Å². The lowest BCUT2D eigenvalue weighted by molar-refractivity contribution is -0.121. The molecule has 0 aliphatic carbocycles. The van der Waals surface area contributed by atoms with Crippen LogP contribution in [0.2, 0.25) is 0 Å². The summed E-state index contributed by atoms with van der Waals surface area (Å²) >= 11 is 0. The zero-order valence-corrected chi connectivity index (χ0v) is 14.6. The minimum atomic E-state index is -0.183. The van der Waals surface area contributed by atoms with Gasteiger partial charge in [-0.2, -0.15) is 5.10 Å². The Labute approximate surface area is 152 Å². The van der Waals surface area contributed by atoms with Crippen LogP contribution in [0.4, 0.5) is 5.69 Å². The van der Waals surface area contributed by atoms with E-state index >= 15 is 0 Å². The number of H-pyrrole nitrogens is 1. The molecule has 6 heteroatoms. The van der Waals surface area contributed by atoms with Gasteiger partial charge in [0, 0.05) is 24.3 Å². The number of amides is 1. The number of nitrogens with zero attached hydrogens (tertiary/aromatic N) is 3. The van der Waals surface area contributed by atoms with Crippen LogP contribution in [0.25, 0.3) is 11.4 Å². The Morgan fingerprint density at radius 3 is 2.65 bits per heavy atom. The van der Waals surface area contributed by atoms with Crippen molar-refractivity contribution in [3.63, 3.8) is 0 Å². The average molecular weight is 347 g/mol. The molecule has 0 unspecified atom stereocenters. The van der Waals surface area contributed by atoms with Crippen LogP contribution in [0.5, 0.6) is 0 Å². The maximum absolute atomic E-state index is 12.7. The molecule has 26 heavy (non-hydrogen) atoms. The van der Waals surface area contributed by atoms with Crippen LogP contribution in [-0.2, 0) is 17.8 Å². The highest BCUT2D eigenvalue weighted by atomic mass is 16.2. The maximum Gasteiger partial charge on any atom is 0.241 e. The number of fused-ring (bicyclic) bond motifs is 1. The van der Waals surface area contributed by atoms with Crippen molar-refractivity contribution in [2.45, 2.75) is 25.9 Å². The van der Waals surface area contributed by atoms with Gasteiger partial charge in [0.25, 0.3) is 0 Å². The van der Waals surface area contributed by atoms with Gasteiger partial charge in [0.15, 0.2) is 5.82 Å². The molecule has 1 atom stereocenters. The average Bonchev–Trinajstić information content (AvgIpc) is 3.22. The van der Waals surface area contributed by atoms with Crippen LogP contribution in [-0.4, -0.2) is 38.6 Å². The molecular weight excluding hydrogens is 326 g/mol. The zero-order chi connectivity index (χ0) is 17.9. The fourth-order valence-corrected chi connectivity index (χ4v) is 3.32. The molecule has 1 aliphatic rings. The molecule has 0 saturated heterocycles. The van der Waals surface area contributed by atoms with Crippen LogP contribution < -0.4 is 5.32 Å². The second-order valence-corrected chi connectivity index (χ2v) is 6.57. The van der Waals surface area contributed by atoms with Gasteiger partial charge in [0.05, 0.1) is 6.04 Å². The quantitative estimate of drug-likeness (QED) is 0.761. The Kier molecular flexibility index (Phi) is 4.50. The molecule has 0 fully saturated rings. The number of aromatic amines is 1. The van der Waals surface area contributed by atoms with Crippen LogP contribution in [0.3, 0.4) is 0 Å². The molecule has 1 amide bonds. The van der Waals surface area contributed by atoms with Crippen molar-refractivity contribution in [1.29, 1.82) is 0 Å². The van der Waals surface area contributed by atoms with E-state index in [2.05, 4.69) is 49.7 Å². The van der Waals surface area contributed by atoms with Crippen LogP contribution in [0, 0.1) is 0 Å². The van der Waals surface area contributed by atoms with Crippen molar-refractivity contribution in [3.05, 3.63) is 66.0 Å². The summed E-state index contributed by atoms with van der Waals surface area (Å²) in [6.07, 6.45) is 2.46. The number of anilines is 1. The Bertz CT molecular complexity index is 889. The van der Waals surface area contributed by atoms with E-state index in [9.17, 15) is 4.79 Å². The number of carbonyl (C=O) groups excluding carboxylic acids is 1. The van der Waals surface area contributed by atoms with Crippen molar-refractivity contribution in [2.75, 3.05) is 11.9 Å². The highest BCUT2D eigenvalue weighted by molar-refractivity contribution is 5.94. The lowest BCUT2D eigenvalue weighted by Gasteiger charge is -2.32. The molecule has 2 N–H and O–H groups in total. The van der Waals surface area contributed by atoms with Gasteiger partial charge in [-0.25, -0.2) is 4.98 Å². The van der Waals surface area contributed by atoms with E-state index in [0.717, 1.165) is 30.8 Å². The summed E-state index contributed by atoms with van der Waals surface area (Å²) < 4.78 is 0. The summed E-state index contributed by atoms with van der Waals surface area (Å²) in [5, 5.41) is 9.69. The van der Waals surface area contributed by atoms with Gasteiger partial charge >= 0.3 is 0 Å². The Balaban J connectivity index is 1.40. The first kappa shape index (κ1) is 16.5. The third kappa shape index (κ3) is 3.36. The van der Waals surface area contributed by atoms with Gasteiger partial charge < -0.3 is 5.32 Å². The van der Waals surface area contributed by atoms with Crippen LogP contribution in [0.15, 0.2) is 54.9 Å². The van der Waals surface area contributed by atoms with Crippen molar-refractivity contribution in [3.8, 4) is 11.4 Å². The van der Waals surface area contributed by atoms with Gasteiger partial charge in [-0.15, -0.1) is 0 Å². The van der Waals surface area contributed by atoms with Crippen LogP contribution >= 0.6 is 0 Å². The number of rotatable bonds is 4. The number of hydrogen-bond donors (Lipinski definition) is 2. The molecule has 0 radical (unpaired) electrons. The summed E-state index contributed by atoms with van der Waals surface area (Å²) in [6.45, 7) is 3.68. The van der Waals surface area contributed by atoms with Crippen molar-refractivity contribution in [1.82, 2.24) is 20.1 Å². The first-order valence-electron chi connectivity index (χ1n) is 8.78. The maximum atomic E-state index is 12.7. The minimum Gasteiger partial charge on any atom is -0.325 e. The monoisotopic (exact) mass is 347 g/mol. The van der Waals surface area contributed by atoms with Gasteiger partial charge in [-0.3, -0.25) is 14.8 Å². The van der Waals surface area contributed by atoms with E-state index in [-0.39, 0.29) is 11.9 Å². The smallest absolute Gasteiger partial charge is 0.241 e. The van der Waals surface area contributed by atoms with E-state index < -0.39 is 0 Å². The summed E-state index contributed by atoms with van der Waals surface area (Å²) in [7, 11) is 0. The summed E-state index contributed by atoms with van der Waals surface area (Å²) in [4.78, 5) is 19.0. The Hall–Kier alpha value is -2.99. The van der Waals surface area contributed by atoms with E-state index in [1.165, 1.54) is 17.5 Å². The molecule has 0 spiro atoms. The fourth-order valence-electron chi connectivity index (χ4n) is 3.32. The standard InChI is InChI=1S/C20H21N5O/c1-14(25-11-10-15-4-2-3-5-17(15)12-25)20(26)23-18-8-6-16(7-9-18)19-21-13-22-24-19/h2-9,13-14H,10-12H2,1H3,(H,23,26)(H,21,22,24)/t14-/m1/s1. The lowest BCUT2D eigenvalue weighted by Crippen LogP contribution is -2.44. The fraction of sp³-hybridized carbons (Fsp3) is 0.250. The molecule has 132 valence electrons. The van der Waals surface area contributed by atoms with Crippen molar-refractivity contribution >= 4 is 11.6 Å². The molecule has 4 rings (SSSR count). The summed E-state index contributed by atoms with van der Waals surface area (Å²) in [5.74, 6) is 0.722. The third-order valence-corrected chi connectivity index (χ3v) is 4.93. The van der Waals surface area contributed by atoms with Gasteiger partial charge in [0.1, 0.15) is 6.33 Å². The summed E-state index contributed by atoms with van der Waals surface area (Å²) in [6, 6.07) is 15.9. The second-order valence-electron chi connectivity index (χ2n) is 6.57. The molecular formula is C20H21N5O. The minimum absolute atomic E-state index is 0.0109. The van der Waals surface area contributed by atoms with E-state index in [4.69, 9.17) is 0 Å². The number of benzene rings is 2. The SMILES string of the molecule is C[C@H](C(=O)Nc1ccc(-c2ncn[nH]2)cc1)N1CCc2ccccc2C1. The second kappa shape index (κ2) is 7.09. The van der Waals surface area contributed by atoms with Crippen LogP contribution in [0.1, 0.15) is 18.1 Å². The van der Waals surface area contributed by atoms with Gasteiger partial charge in [0.2, 0.25) is 5.91 Å². The molecule has 1 aliphatic heterocycles. The third-order valence-electron chi connectivity index (χ3n) is 4.93. The Morgan fingerprint density at radius 2 is 1.92 bits per heavy atom. The predicted molar refractivity (Wildman–Crippen MR) is 100 cm³/mol. The highest BCUT2D eigenvalue weighted by Gasteiger charge is 2.25. The Morgan fingerprint density at radius 1 is 1.15 bits per heavy atom. The molecule has 2 aromatic carbocycles. The van der Waals surface area contributed by atoms with Crippen molar-refractivity contribution < 1.29 is 4.79 Å². The molecule has 6 nitrogen and oxygen atoms in total.